The van der Waals surface area contributed by atoms with Gasteiger partial charge in [0.05, 0.1) is 5.71 Å². The van der Waals surface area contributed by atoms with Crippen LogP contribution >= 0.6 is 0 Å². The van der Waals surface area contributed by atoms with E-state index in [2.05, 4.69) is 15.8 Å². The molecule has 0 bridgehead atoms. The van der Waals surface area contributed by atoms with Gasteiger partial charge in [0, 0.05) is 24.4 Å². The number of nitrogens with zero attached hydrogens (tertiary/aromatic N) is 1. The number of rotatable bonds is 5. The zero-order chi connectivity index (χ0) is 19.2. The third kappa shape index (κ3) is 5.17. The molecule has 2 amide bonds. The Morgan fingerprint density at radius 1 is 1.22 bits per heavy atom. The first-order chi connectivity index (χ1) is 13.0. The number of ether oxygens (including phenoxy) is 1. The van der Waals surface area contributed by atoms with E-state index in [1.807, 2.05) is 56.3 Å². The van der Waals surface area contributed by atoms with Crippen LogP contribution in [-0.4, -0.2) is 23.8 Å². The lowest BCUT2D eigenvalue weighted by molar-refractivity contribution is -0.121. The van der Waals surface area contributed by atoms with Crippen LogP contribution in [0.2, 0.25) is 0 Å². The first kappa shape index (κ1) is 18.6. The number of nitrogens with one attached hydrogen (secondary N) is 2. The smallest absolute Gasteiger partial charge is 0.411 e. The molecule has 0 saturated carbocycles. The van der Waals surface area contributed by atoms with E-state index in [-0.39, 0.29) is 17.9 Å². The Bertz CT molecular complexity index is 832. The van der Waals surface area contributed by atoms with Gasteiger partial charge in [-0.3, -0.25) is 10.1 Å². The maximum atomic E-state index is 12.1. The molecule has 1 heterocycles. The molecule has 0 aliphatic carbocycles. The highest BCUT2D eigenvalue weighted by atomic mass is 16.6. The molecule has 1 aliphatic heterocycles. The van der Waals surface area contributed by atoms with Gasteiger partial charge in [0.15, 0.2) is 0 Å². The van der Waals surface area contributed by atoms with Gasteiger partial charge in [-0.2, -0.15) is 5.10 Å². The largest absolute Gasteiger partial charge is 0.446 e. The van der Waals surface area contributed by atoms with Gasteiger partial charge in [-0.15, -0.1) is 0 Å². The molecule has 1 aliphatic rings. The van der Waals surface area contributed by atoms with Crippen molar-refractivity contribution in [2.75, 3.05) is 5.32 Å². The van der Waals surface area contributed by atoms with E-state index in [4.69, 9.17) is 4.74 Å². The predicted molar refractivity (Wildman–Crippen MR) is 105 cm³/mol. The van der Waals surface area contributed by atoms with Crippen molar-refractivity contribution >= 4 is 23.4 Å². The molecule has 140 valence electrons. The first-order valence-electron chi connectivity index (χ1n) is 8.99. The van der Waals surface area contributed by atoms with Gasteiger partial charge in [-0.25, -0.2) is 10.2 Å². The first-order valence-corrected chi connectivity index (χ1v) is 8.99. The Balaban J connectivity index is 1.55. The molecule has 2 aromatic rings. The summed E-state index contributed by atoms with van der Waals surface area (Å²) >= 11 is 0. The third-order valence-corrected chi connectivity index (χ3v) is 4.36. The van der Waals surface area contributed by atoms with Crippen LogP contribution in [0.25, 0.3) is 0 Å². The van der Waals surface area contributed by atoms with Crippen LogP contribution in [0.4, 0.5) is 10.5 Å². The van der Waals surface area contributed by atoms with E-state index in [1.54, 1.807) is 12.1 Å². The van der Waals surface area contributed by atoms with E-state index < -0.39 is 6.09 Å². The van der Waals surface area contributed by atoms with Crippen LogP contribution in [0.3, 0.4) is 0 Å². The lowest BCUT2D eigenvalue weighted by atomic mass is 9.94. The van der Waals surface area contributed by atoms with Crippen molar-refractivity contribution in [2.24, 2.45) is 11.0 Å². The van der Waals surface area contributed by atoms with E-state index in [0.717, 1.165) is 16.8 Å². The van der Waals surface area contributed by atoms with Gasteiger partial charge in [-0.1, -0.05) is 49.4 Å². The monoisotopic (exact) mass is 365 g/mol. The maximum Gasteiger partial charge on any atom is 0.411 e. The van der Waals surface area contributed by atoms with E-state index in [1.165, 1.54) is 0 Å². The van der Waals surface area contributed by atoms with Crippen molar-refractivity contribution < 1.29 is 14.3 Å². The summed E-state index contributed by atoms with van der Waals surface area (Å²) in [6.07, 6.45) is 0.371. The molecule has 2 unspecified atom stereocenters. The highest BCUT2D eigenvalue weighted by Gasteiger charge is 2.21. The summed E-state index contributed by atoms with van der Waals surface area (Å²) in [6, 6.07) is 17.2. The van der Waals surface area contributed by atoms with Gasteiger partial charge in [0.25, 0.3) is 0 Å². The molecule has 0 fully saturated rings. The Morgan fingerprint density at radius 2 is 1.93 bits per heavy atom. The van der Waals surface area contributed by atoms with Crippen LogP contribution in [-0.2, 0) is 16.0 Å². The number of amides is 2. The normalized spacial score (nSPS) is 17.5. The molecular weight excluding hydrogens is 342 g/mol. The molecule has 0 spiro atoms. The topological polar surface area (TPSA) is 79.8 Å². The molecular formula is C21H23N3O3. The fraction of sp³-hybridized carbons (Fsp3) is 0.286. The Hall–Kier alpha value is -3.15. The second kappa shape index (κ2) is 8.49. The third-order valence-electron chi connectivity index (χ3n) is 4.36. The minimum Gasteiger partial charge on any atom is -0.446 e. The highest BCUT2D eigenvalue weighted by Crippen LogP contribution is 2.18. The van der Waals surface area contributed by atoms with E-state index >= 15 is 0 Å². The molecule has 27 heavy (non-hydrogen) atoms. The summed E-state index contributed by atoms with van der Waals surface area (Å²) < 4.78 is 5.41. The Kier molecular flexibility index (Phi) is 5.86. The van der Waals surface area contributed by atoms with Crippen molar-refractivity contribution in [2.45, 2.75) is 32.8 Å². The number of hydrogen-bond donors (Lipinski definition) is 2. The zero-order valence-corrected chi connectivity index (χ0v) is 15.4. The number of carbonyl (C=O) groups excluding carboxylic acids is 2. The lowest BCUT2D eigenvalue weighted by Gasteiger charge is -2.19. The van der Waals surface area contributed by atoms with Crippen LogP contribution < -0.4 is 10.7 Å². The summed E-state index contributed by atoms with van der Waals surface area (Å²) in [5.41, 5.74) is 6.02. The van der Waals surface area contributed by atoms with Crippen LogP contribution in [0.1, 0.15) is 31.4 Å². The summed E-state index contributed by atoms with van der Waals surface area (Å²) in [4.78, 5) is 23.4. The van der Waals surface area contributed by atoms with Gasteiger partial charge >= 0.3 is 6.09 Å². The van der Waals surface area contributed by atoms with Crippen LogP contribution in [0.5, 0.6) is 0 Å². The molecule has 2 aromatic carbocycles. The van der Waals surface area contributed by atoms with Crippen molar-refractivity contribution in [1.29, 1.82) is 0 Å². The average molecular weight is 365 g/mol. The van der Waals surface area contributed by atoms with Crippen molar-refractivity contribution in [3.05, 3.63) is 65.7 Å². The van der Waals surface area contributed by atoms with Gasteiger partial charge in [0.2, 0.25) is 5.91 Å². The number of carbonyl (C=O) groups is 2. The van der Waals surface area contributed by atoms with Gasteiger partial charge < -0.3 is 4.74 Å². The molecule has 2 N–H and O–H groups in total. The molecule has 2 atom stereocenters. The molecule has 0 radical (unpaired) electrons. The minimum atomic E-state index is -0.484. The van der Waals surface area contributed by atoms with Crippen molar-refractivity contribution in [3.8, 4) is 0 Å². The molecule has 6 heteroatoms. The second-order valence-electron chi connectivity index (χ2n) is 6.75. The quantitative estimate of drug-likeness (QED) is 0.847. The highest BCUT2D eigenvalue weighted by molar-refractivity contribution is 6.06. The van der Waals surface area contributed by atoms with E-state index in [9.17, 15) is 9.59 Å². The summed E-state index contributed by atoms with van der Waals surface area (Å²) in [7, 11) is 0. The maximum absolute atomic E-state index is 12.1. The summed E-state index contributed by atoms with van der Waals surface area (Å²) in [6.45, 7) is 3.84. The molecule has 3 rings (SSSR count). The average Bonchev–Trinajstić information content (AvgIpc) is 2.63. The lowest BCUT2D eigenvalue weighted by Crippen LogP contribution is -2.31. The van der Waals surface area contributed by atoms with Gasteiger partial charge in [-0.05, 0) is 30.2 Å². The summed E-state index contributed by atoms with van der Waals surface area (Å²) in [5.74, 6) is -0.0155. The number of anilines is 1. The molecule has 0 saturated heterocycles. The fourth-order valence-electron chi connectivity index (χ4n) is 3.04. The van der Waals surface area contributed by atoms with E-state index in [0.29, 0.717) is 18.5 Å². The number of hydrogen-bond acceptors (Lipinski definition) is 4. The second-order valence-corrected chi connectivity index (χ2v) is 6.75. The van der Waals surface area contributed by atoms with Crippen LogP contribution in [0, 0.1) is 5.92 Å². The standard InChI is InChI=1S/C21H23N3O3/c1-14-12-19(25)23-24-20(14)17-8-10-18(11-9-17)22-21(26)27-15(2)13-16-6-4-3-5-7-16/h3-11,14-15H,12-13H2,1-2H3,(H,22,26)(H,23,25). The van der Waals surface area contributed by atoms with Gasteiger partial charge in [0.1, 0.15) is 6.10 Å². The molecule has 0 aromatic heterocycles. The van der Waals surface area contributed by atoms with Crippen LogP contribution in [0.15, 0.2) is 59.7 Å². The number of hydrazone groups is 1. The van der Waals surface area contributed by atoms with Crippen molar-refractivity contribution in [3.63, 3.8) is 0 Å². The minimum absolute atomic E-state index is 0.0568. The zero-order valence-electron chi connectivity index (χ0n) is 15.4. The SMILES string of the molecule is CC(Cc1ccccc1)OC(=O)Nc1ccc(C2=NNC(=O)CC2C)cc1. The number of benzene rings is 2. The van der Waals surface area contributed by atoms with Crippen molar-refractivity contribution in [1.82, 2.24) is 5.43 Å². The molecule has 6 nitrogen and oxygen atoms in total. The Labute approximate surface area is 158 Å². The predicted octanol–water partition coefficient (Wildman–Crippen LogP) is 3.73. The fourth-order valence-corrected chi connectivity index (χ4v) is 3.04. The Morgan fingerprint density at radius 3 is 2.59 bits per heavy atom. The summed E-state index contributed by atoms with van der Waals surface area (Å²) in [5, 5.41) is 6.87.